The molecular weight excluding hydrogens is 362 g/mol. The zero-order valence-electron chi connectivity index (χ0n) is 14.9. The van der Waals surface area contributed by atoms with Crippen molar-refractivity contribution < 1.29 is 14.6 Å². The molecule has 0 aliphatic rings. The first kappa shape index (κ1) is 18.5. The molecule has 0 spiro atoms. The maximum Gasteiger partial charge on any atom is 0.283 e. The number of nitrogens with two attached hydrogens (primary N) is 1. The summed E-state index contributed by atoms with van der Waals surface area (Å²) >= 11 is 1.30. The number of thiophene rings is 1. The minimum atomic E-state index is -0.365. The molecule has 0 fully saturated rings. The van der Waals surface area contributed by atoms with E-state index in [0.717, 1.165) is 21.8 Å². The summed E-state index contributed by atoms with van der Waals surface area (Å²) in [6.07, 6.45) is 0. The molecule has 0 saturated carbocycles. The second-order valence-corrected chi connectivity index (χ2v) is 6.86. The Bertz CT molecular complexity index is 977. The standard InChI is InChI=1S/C20H19N3O3S/c1-12(13-3-7-15(24)8-4-13)22-23-20(25)19-17(21)11-18(27-19)14-5-9-16(26-2)10-6-14/h3-11,24H,21H2,1-2H3,(H,23,25)/b22-12+. The molecule has 6 nitrogen and oxygen atoms in total. The number of carbonyl (C=O) groups is 1. The van der Waals surface area contributed by atoms with Crippen molar-refractivity contribution in [3.63, 3.8) is 0 Å². The number of hydrogen-bond donors (Lipinski definition) is 3. The second-order valence-electron chi connectivity index (χ2n) is 5.81. The van der Waals surface area contributed by atoms with Crippen molar-refractivity contribution in [1.82, 2.24) is 5.43 Å². The minimum absolute atomic E-state index is 0.174. The van der Waals surface area contributed by atoms with Gasteiger partial charge in [0.1, 0.15) is 16.4 Å². The lowest BCUT2D eigenvalue weighted by Gasteiger charge is -2.03. The van der Waals surface area contributed by atoms with Gasteiger partial charge in [-0.2, -0.15) is 5.10 Å². The summed E-state index contributed by atoms with van der Waals surface area (Å²) in [5.74, 6) is 0.573. The molecule has 0 radical (unpaired) electrons. The van der Waals surface area contributed by atoms with E-state index in [1.165, 1.54) is 11.3 Å². The summed E-state index contributed by atoms with van der Waals surface area (Å²) in [6.45, 7) is 1.77. The van der Waals surface area contributed by atoms with Gasteiger partial charge in [-0.25, -0.2) is 5.43 Å². The average Bonchev–Trinajstić information content (AvgIpc) is 3.08. The molecule has 3 rings (SSSR count). The molecule has 3 aromatic rings. The van der Waals surface area contributed by atoms with Gasteiger partial charge in [0.05, 0.1) is 18.5 Å². The molecule has 4 N–H and O–H groups in total. The van der Waals surface area contributed by atoms with Crippen LogP contribution in [0.2, 0.25) is 0 Å². The van der Waals surface area contributed by atoms with Crippen LogP contribution in [0.3, 0.4) is 0 Å². The Balaban J connectivity index is 1.75. The number of benzene rings is 2. The Morgan fingerprint density at radius 1 is 1.15 bits per heavy atom. The van der Waals surface area contributed by atoms with Crippen molar-refractivity contribution in [3.8, 4) is 21.9 Å². The van der Waals surface area contributed by atoms with Crippen molar-refractivity contribution in [2.75, 3.05) is 12.8 Å². The number of anilines is 1. The molecular formula is C20H19N3O3S. The van der Waals surface area contributed by atoms with E-state index in [1.807, 2.05) is 24.3 Å². The van der Waals surface area contributed by atoms with Gasteiger partial charge < -0.3 is 15.6 Å². The van der Waals surface area contributed by atoms with E-state index in [4.69, 9.17) is 10.5 Å². The zero-order valence-corrected chi connectivity index (χ0v) is 15.7. The summed E-state index contributed by atoms with van der Waals surface area (Å²) < 4.78 is 5.16. The molecule has 0 atom stereocenters. The monoisotopic (exact) mass is 381 g/mol. The fourth-order valence-corrected chi connectivity index (χ4v) is 3.41. The molecule has 1 aromatic heterocycles. The predicted molar refractivity (Wildman–Crippen MR) is 109 cm³/mol. The first-order valence-corrected chi connectivity index (χ1v) is 8.97. The number of nitrogen functional groups attached to an aromatic ring is 1. The van der Waals surface area contributed by atoms with Gasteiger partial charge in [0, 0.05) is 4.88 Å². The lowest BCUT2D eigenvalue weighted by molar-refractivity contribution is 0.0959. The largest absolute Gasteiger partial charge is 0.508 e. The summed E-state index contributed by atoms with van der Waals surface area (Å²) in [6, 6.07) is 15.9. The number of rotatable bonds is 5. The number of nitrogens with one attached hydrogen (secondary N) is 1. The molecule has 0 unspecified atom stereocenters. The van der Waals surface area contributed by atoms with Gasteiger partial charge in [-0.3, -0.25) is 4.79 Å². The van der Waals surface area contributed by atoms with Gasteiger partial charge in [-0.15, -0.1) is 11.3 Å². The fraction of sp³-hybridized carbons (Fsp3) is 0.100. The Hall–Kier alpha value is -3.32. The number of hydrogen-bond acceptors (Lipinski definition) is 6. The van der Waals surface area contributed by atoms with Crippen LogP contribution >= 0.6 is 11.3 Å². The first-order chi connectivity index (χ1) is 13.0. The zero-order chi connectivity index (χ0) is 19.4. The van der Waals surface area contributed by atoms with Crippen LogP contribution in [-0.4, -0.2) is 23.8 Å². The summed E-state index contributed by atoms with van der Waals surface area (Å²) in [7, 11) is 1.61. The van der Waals surface area contributed by atoms with E-state index in [-0.39, 0.29) is 11.7 Å². The van der Waals surface area contributed by atoms with Crippen LogP contribution in [-0.2, 0) is 0 Å². The smallest absolute Gasteiger partial charge is 0.283 e. The highest BCUT2D eigenvalue weighted by Crippen LogP contribution is 2.34. The lowest BCUT2D eigenvalue weighted by Crippen LogP contribution is -2.19. The molecule has 27 heavy (non-hydrogen) atoms. The summed E-state index contributed by atoms with van der Waals surface area (Å²) in [5.41, 5.74) is 11.3. The van der Waals surface area contributed by atoms with Crippen molar-refractivity contribution in [3.05, 3.63) is 65.0 Å². The number of hydrazone groups is 1. The van der Waals surface area contributed by atoms with Gasteiger partial charge >= 0.3 is 0 Å². The predicted octanol–water partition coefficient (Wildman–Crippen LogP) is 3.87. The van der Waals surface area contributed by atoms with Crippen LogP contribution in [0.1, 0.15) is 22.2 Å². The minimum Gasteiger partial charge on any atom is -0.508 e. The van der Waals surface area contributed by atoms with Crippen molar-refractivity contribution >= 4 is 28.6 Å². The molecule has 0 aliphatic heterocycles. The SMILES string of the molecule is COc1ccc(-c2cc(N)c(C(=O)N/N=C(\C)c3ccc(O)cc3)s2)cc1. The van der Waals surface area contributed by atoms with E-state index < -0.39 is 0 Å². The molecule has 1 heterocycles. The molecule has 7 heteroatoms. The summed E-state index contributed by atoms with van der Waals surface area (Å²) in [4.78, 5) is 13.7. The third-order valence-corrected chi connectivity index (χ3v) is 5.15. The van der Waals surface area contributed by atoms with E-state index in [9.17, 15) is 9.90 Å². The van der Waals surface area contributed by atoms with E-state index in [2.05, 4.69) is 10.5 Å². The highest BCUT2D eigenvalue weighted by atomic mass is 32.1. The molecule has 138 valence electrons. The van der Waals surface area contributed by atoms with Crippen LogP contribution in [0.15, 0.2) is 59.7 Å². The average molecular weight is 381 g/mol. The van der Waals surface area contributed by atoms with Crippen LogP contribution in [0.25, 0.3) is 10.4 Å². The van der Waals surface area contributed by atoms with E-state index >= 15 is 0 Å². The quantitative estimate of drug-likeness (QED) is 0.462. The number of amides is 1. The second kappa shape index (κ2) is 7.92. The number of methoxy groups -OCH3 is 1. The number of aromatic hydroxyl groups is 1. The third kappa shape index (κ3) is 4.27. The number of ether oxygens (including phenoxy) is 1. The maximum atomic E-state index is 12.5. The van der Waals surface area contributed by atoms with Crippen LogP contribution in [0.4, 0.5) is 5.69 Å². The number of phenols is 1. The van der Waals surface area contributed by atoms with Gasteiger partial charge in [-0.05, 0) is 72.6 Å². The van der Waals surface area contributed by atoms with Gasteiger partial charge in [-0.1, -0.05) is 0 Å². The van der Waals surface area contributed by atoms with Gasteiger partial charge in [0.15, 0.2) is 0 Å². The Kier molecular flexibility index (Phi) is 5.42. The maximum absolute atomic E-state index is 12.5. The summed E-state index contributed by atoms with van der Waals surface area (Å²) in [5, 5.41) is 13.4. The van der Waals surface area contributed by atoms with Crippen LogP contribution < -0.4 is 15.9 Å². The third-order valence-electron chi connectivity index (χ3n) is 3.95. The molecule has 0 bridgehead atoms. The first-order valence-electron chi connectivity index (χ1n) is 8.15. The van der Waals surface area contributed by atoms with Crippen molar-refractivity contribution in [2.24, 2.45) is 5.10 Å². The number of carbonyl (C=O) groups excluding carboxylic acids is 1. The molecule has 0 aliphatic carbocycles. The molecule has 0 saturated heterocycles. The normalized spacial score (nSPS) is 11.3. The fourth-order valence-electron chi connectivity index (χ4n) is 2.43. The molecule has 2 aromatic carbocycles. The van der Waals surface area contributed by atoms with Gasteiger partial charge in [0.25, 0.3) is 5.91 Å². The lowest BCUT2D eigenvalue weighted by atomic mass is 10.1. The van der Waals surface area contributed by atoms with Crippen molar-refractivity contribution in [2.45, 2.75) is 6.92 Å². The van der Waals surface area contributed by atoms with Crippen LogP contribution in [0.5, 0.6) is 11.5 Å². The number of nitrogens with zero attached hydrogens (tertiary/aromatic N) is 1. The Labute approximate surface area is 160 Å². The van der Waals surface area contributed by atoms with Crippen LogP contribution in [0, 0.1) is 0 Å². The molecule has 1 amide bonds. The topological polar surface area (TPSA) is 96.9 Å². The van der Waals surface area contributed by atoms with E-state index in [0.29, 0.717) is 16.3 Å². The Morgan fingerprint density at radius 2 is 1.81 bits per heavy atom. The highest BCUT2D eigenvalue weighted by molar-refractivity contribution is 7.18. The Morgan fingerprint density at radius 3 is 2.44 bits per heavy atom. The van der Waals surface area contributed by atoms with E-state index in [1.54, 1.807) is 44.4 Å². The van der Waals surface area contributed by atoms with Gasteiger partial charge in [0.2, 0.25) is 0 Å². The highest BCUT2D eigenvalue weighted by Gasteiger charge is 2.15. The van der Waals surface area contributed by atoms with Crippen molar-refractivity contribution in [1.29, 1.82) is 0 Å². The number of phenolic OH excluding ortho intramolecular Hbond substituents is 1.